The summed E-state index contributed by atoms with van der Waals surface area (Å²) >= 11 is 0. The zero-order valence-corrected chi connectivity index (χ0v) is 14.9. The Balaban J connectivity index is 1.45. The molecule has 4 N–H and O–H groups in total. The number of amides is 2. The molecule has 0 bridgehead atoms. The van der Waals surface area contributed by atoms with Crippen LogP contribution >= 0.6 is 0 Å². The van der Waals surface area contributed by atoms with Gasteiger partial charge in [-0.3, -0.25) is 9.59 Å². The molecule has 0 spiro atoms. The van der Waals surface area contributed by atoms with Crippen LogP contribution in [0.15, 0.2) is 41.2 Å². The van der Waals surface area contributed by atoms with E-state index in [-0.39, 0.29) is 23.4 Å². The van der Waals surface area contributed by atoms with Gasteiger partial charge >= 0.3 is 5.69 Å². The van der Waals surface area contributed by atoms with Gasteiger partial charge in [0.25, 0.3) is 5.91 Å². The van der Waals surface area contributed by atoms with E-state index in [0.29, 0.717) is 23.3 Å². The van der Waals surface area contributed by atoms with Crippen LogP contribution in [0.25, 0.3) is 11.0 Å². The average molecular weight is 364 g/mol. The molecule has 1 aromatic heterocycles. The van der Waals surface area contributed by atoms with Crippen LogP contribution in [0.1, 0.15) is 34.3 Å². The van der Waals surface area contributed by atoms with Crippen LogP contribution in [0.5, 0.6) is 0 Å². The molecule has 0 unspecified atom stereocenters. The highest BCUT2D eigenvalue weighted by atomic mass is 16.2. The van der Waals surface area contributed by atoms with Crippen LogP contribution < -0.4 is 16.3 Å². The number of imidazole rings is 1. The number of aromatic nitrogens is 2. The first-order valence-electron chi connectivity index (χ1n) is 8.90. The second-order valence-electron chi connectivity index (χ2n) is 6.93. The van der Waals surface area contributed by atoms with E-state index in [1.807, 2.05) is 25.1 Å². The highest BCUT2D eigenvalue weighted by molar-refractivity contribution is 5.98. The van der Waals surface area contributed by atoms with E-state index in [4.69, 9.17) is 0 Å². The van der Waals surface area contributed by atoms with Gasteiger partial charge in [-0.1, -0.05) is 12.1 Å². The molecular weight excluding hydrogens is 344 g/mol. The Hall–Kier alpha value is -3.35. The number of hydrogen-bond donors (Lipinski definition) is 4. The molecule has 0 radical (unpaired) electrons. The van der Waals surface area contributed by atoms with Gasteiger partial charge < -0.3 is 20.6 Å². The Labute approximate surface area is 155 Å². The van der Waals surface area contributed by atoms with Gasteiger partial charge in [-0.2, -0.15) is 0 Å². The SMILES string of the molecule is Cc1ccc(C(=O)NCc2ccc3[nH]c(=O)[nH]c3c2)cc1NC(=O)C1CC1. The van der Waals surface area contributed by atoms with Gasteiger partial charge in [-0.05, 0) is 55.2 Å². The first-order valence-corrected chi connectivity index (χ1v) is 8.90. The number of anilines is 1. The molecule has 3 aromatic rings. The number of nitrogens with one attached hydrogen (secondary N) is 4. The molecule has 1 aliphatic rings. The fraction of sp³-hybridized carbons (Fsp3) is 0.250. The summed E-state index contributed by atoms with van der Waals surface area (Å²) < 4.78 is 0. The third-order valence-corrected chi connectivity index (χ3v) is 4.74. The summed E-state index contributed by atoms with van der Waals surface area (Å²) in [6.45, 7) is 2.23. The molecule has 0 aliphatic heterocycles. The molecule has 0 atom stereocenters. The lowest BCUT2D eigenvalue weighted by atomic mass is 10.1. The Morgan fingerprint density at radius 1 is 1.07 bits per heavy atom. The van der Waals surface area contributed by atoms with Crippen molar-refractivity contribution in [1.82, 2.24) is 15.3 Å². The number of aromatic amines is 2. The molecule has 0 saturated heterocycles. The quantitative estimate of drug-likeness (QED) is 0.558. The fourth-order valence-corrected chi connectivity index (χ4v) is 2.95. The topological polar surface area (TPSA) is 107 Å². The molecule has 1 saturated carbocycles. The molecular formula is C20H20N4O3. The lowest BCUT2D eigenvalue weighted by Gasteiger charge is -2.11. The van der Waals surface area contributed by atoms with Crippen molar-refractivity contribution < 1.29 is 9.59 Å². The van der Waals surface area contributed by atoms with Crippen LogP contribution in [-0.4, -0.2) is 21.8 Å². The van der Waals surface area contributed by atoms with Crippen molar-refractivity contribution in [2.45, 2.75) is 26.3 Å². The van der Waals surface area contributed by atoms with Crippen molar-refractivity contribution in [1.29, 1.82) is 0 Å². The van der Waals surface area contributed by atoms with Gasteiger partial charge in [0, 0.05) is 23.7 Å². The van der Waals surface area contributed by atoms with Crippen molar-refractivity contribution in [3.8, 4) is 0 Å². The third kappa shape index (κ3) is 3.76. The van der Waals surface area contributed by atoms with E-state index in [9.17, 15) is 14.4 Å². The van der Waals surface area contributed by atoms with E-state index < -0.39 is 0 Å². The fourth-order valence-electron chi connectivity index (χ4n) is 2.95. The summed E-state index contributed by atoms with van der Waals surface area (Å²) in [4.78, 5) is 41.2. The van der Waals surface area contributed by atoms with Crippen molar-refractivity contribution in [3.05, 3.63) is 63.6 Å². The number of rotatable bonds is 5. The van der Waals surface area contributed by atoms with Crippen LogP contribution in [0.2, 0.25) is 0 Å². The zero-order chi connectivity index (χ0) is 19.0. The maximum atomic E-state index is 12.5. The van der Waals surface area contributed by atoms with Crippen molar-refractivity contribution in [2.24, 2.45) is 5.92 Å². The van der Waals surface area contributed by atoms with E-state index in [2.05, 4.69) is 20.6 Å². The summed E-state index contributed by atoms with van der Waals surface area (Å²) in [5.41, 5.74) is 4.13. The number of carbonyl (C=O) groups excluding carboxylic acids is 2. The van der Waals surface area contributed by atoms with E-state index in [0.717, 1.165) is 29.5 Å². The molecule has 138 valence electrons. The molecule has 7 nitrogen and oxygen atoms in total. The Morgan fingerprint density at radius 3 is 2.63 bits per heavy atom. The summed E-state index contributed by atoms with van der Waals surface area (Å²) in [7, 11) is 0. The third-order valence-electron chi connectivity index (χ3n) is 4.74. The number of hydrogen-bond acceptors (Lipinski definition) is 3. The molecule has 4 rings (SSSR count). The van der Waals surface area contributed by atoms with Gasteiger partial charge in [0.2, 0.25) is 5.91 Å². The van der Waals surface area contributed by atoms with Gasteiger partial charge in [0.05, 0.1) is 11.0 Å². The smallest absolute Gasteiger partial charge is 0.323 e. The van der Waals surface area contributed by atoms with Crippen molar-refractivity contribution in [3.63, 3.8) is 0 Å². The number of H-pyrrole nitrogens is 2. The molecule has 1 heterocycles. The van der Waals surface area contributed by atoms with Crippen LogP contribution in [-0.2, 0) is 11.3 Å². The lowest BCUT2D eigenvalue weighted by Crippen LogP contribution is -2.23. The Morgan fingerprint density at radius 2 is 1.85 bits per heavy atom. The molecule has 2 aromatic carbocycles. The van der Waals surface area contributed by atoms with Crippen LogP contribution in [0.4, 0.5) is 5.69 Å². The Bertz CT molecular complexity index is 1090. The van der Waals surface area contributed by atoms with Crippen molar-refractivity contribution in [2.75, 3.05) is 5.32 Å². The number of benzene rings is 2. The summed E-state index contributed by atoms with van der Waals surface area (Å²) in [5, 5.41) is 5.78. The lowest BCUT2D eigenvalue weighted by molar-refractivity contribution is -0.117. The molecule has 7 heteroatoms. The summed E-state index contributed by atoms with van der Waals surface area (Å²) in [6, 6.07) is 10.7. The van der Waals surface area contributed by atoms with Crippen molar-refractivity contribution >= 4 is 28.5 Å². The summed E-state index contributed by atoms with van der Waals surface area (Å²) in [5.74, 6) is -0.0966. The van der Waals surface area contributed by atoms with E-state index in [1.54, 1.807) is 18.2 Å². The molecule has 1 aliphatic carbocycles. The largest absolute Gasteiger partial charge is 0.348 e. The molecule has 2 amide bonds. The van der Waals surface area contributed by atoms with Gasteiger partial charge in [0.15, 0.2) is 0 Å². The maximum absolute atomic E-state index is 12.5. The molecule has 27 heavy (non-hydrogen) atoms. The van der Waals surface area contributed by atoms with E-state index in [1.165, 1.54) is 0 Å². The first-order chi connectivity index (χ1) is 13.0. The second kappa shape index (κ2) is 6.75. The minimum Gasteiger partial charge on any atom is -0.348 e. The molecule has 1 fully saturated rings. The van der Waals surface area contributed by atoms with Gasteiger partial charge in [-0.25, -0.2) is 4.79 Å². The first kappa shape index (κ1) is 17.1. The summed E-state index contributed by atoms with van der Waals surface area (Å²) in [6.07, 6.45) is 1.86. The maximum Gasteiger partial charge on any atom is 0.323 e. The van der Waals surface area contributed by atoms with E-state index >= 15 is 0 Å². The Kier molecular flexibility index (Phi) is 4.27. The van der Waals surface area contributed by atoms with Crippen LogP contribution in [0.3, 0.4) is 0 Å². The minimum absolute atomic E-state index is 0.0180. The highest BCUT2D eigenvalue weighted by Gasteiger charge is 2.29. The number of aryl methyl sites for hydroxylation is 1. The average Bonchev–Trinajstić information content (AvgIpc) is 3.43. The second-order valence-corrected chi connectivity index (χ2v) is 6.93. The number of carbonyl (C=O) groups is 2. The zero-order valence-electron chi connectivity index (χ0n) is 14.9. The predicted octanol–water partition coefficient (Wildman–Crippen LogP) is 2.44. The minimum atomic E-state index is -0.258. The number of fused-ring (bicyclic) bond motifs is 1. The highest BCUT2D eigenvalue weighted by Crippen LogP contribution is 2.30. The van der Waals surface area contributed by atoms with Gasteiger partial charge in [0.1, 0.15) is 0 Å². The normalized spacial score (nSPS) is 13.5. The standard InChI is InChI=1S/C20H20N4O3/c1-11-2-4-14(9-16(11)22-19(26)13-5-6-13)18(25)21-10-12-3-7-15-17(8-12)24-20(27)23-15/h2-4,7-9,13H,5-6,10H2,1H3,(H,21,25)(H,22,26)(H2,23,24,27). The van der Waals surface area contributed by atoms with Crippen LogP contribution in [0, 0.1) is 12.8 Å². The van der Waals surface area contributed by atoms with Gasteiger partial charge in [-0.15, -0.1) is 0 Å². The monoisotopic (exact) mass is 364 g/mol. The predicted molar refractivity (Wildman–Crippen MR) is 103 cm³/mol.